The first-order valence-corrected chi connectivity index (χ1v) is 17.0. The van der Waals surface area contributed by atoms with E-state index in [0.29, 0.717) is 18.3 Å². The minimum atomic E-state index is -1.24. The van der Waals surface area contributed by atoms with Crippen LogP contribution in [-0.4, -0.2) is 64.7 Å². The van der Waals surface area contributed by atoms with Crippen molar-refractivity contribution in [1.29, 1.82) is 0 Å². The molecule has 6 aliphatic rings. The molecule has 0 bridgehead atoms. The molecule has 0 spiro atoms. The van der Waals surface area contributed by atoms with E-state index < -0.39 is 23.9 Å². The molecule has 3 N–H and O–H groups in total. The Morgan fingerprint density at radius 1 is 1.02 bits per heavy atom. The fourth-order valence-corrected chi connectivity index (χ4v) is 12.8. The lowest BCUT2D eigenvalue weighted by Gasteiger charge is -2.68. The number of fused-ring (bicyclic) bond motifs is 3. The summed E-state index contributed by atoms with van der Waals surface area (Å²) >= 11 is 0. The number of allylic oxidation sites excluding steroid dienone is 1. The van der Waals surface area contributed by atoms with Crippen LogP contribution in [0.4, 0.5) is 0 Å². The molecular formula is C36H58O7. The highest BCUT2D eigenvalue weighted by Gasteiger charge is 2.86. The Morgan fingerprint density at radius 2 is 1.72 bits per heavy atom. The normalized spacial score (nSPS) is 50.5. The van der Waals surface area contributed by atoms with Gasteiger partial charge in [0.25, 0.3) is 0 Å². The van der Waals surface area contributed by atoms with Crippen LogP contribution in [0.15, 0.2) is 11.6 Å². The Kier molecular flexibility index (Phi) is 7.44. The molecule has 5 saturated carbocycles. The topological polar surface area (TPSA) is 105 Å². The van der Waals surface area contributed by atoms with Crippen LogP contribution in [0, 0.1) is 50.7 Å². The van der Waals surface area contributed by atoms with Gasteiger partial charge in [-0.1, -0.05) is 33.3 Å². The molecule has 0 aromatic heterocycles. The van der Waals surface area contributed by atoms with E-state index in [9.17, 15) is 20.1 Å². The second-order valence-corrected chi connectivity index (χ2v) is 17.5. The summed E-state index contributed by atoms with van der Waals surface area (Å²) in [5, 5.41) is 33.7. The van der Waals surface area contributed by atoms with Crippen LogP contribution in [0.2, 0.25) is 0 Å². The predicted octanol–water partition coefficient (Wildman–Crippen LogP) is 5.78. The zero-order valence-electron chi connectivity index (χ0n) is 28.1. The summed E-state index contributed by atoms with van der Waals surface area (Å²) in [7, 11) is 1.70. The summed E-state index contributed by atoms with van der Waals surface area (Å²) < 4.78 is 18.2. The molecule has 0 radical (unpaired) electrons. The lowest BCUT2D eigenvalue weighted by molar-refractivity contribution is -0.245. The standard InChI is InChI=1S/C36H58O7/c1-20(2)16-28(38)43-27-12-13-33(7)24-11-14-35-19-36(35,34(24,8)26(37)18-25(33)31(27,3)4)15-10-22(35)21-17-23(42-30(21)41-9)29(39)32(5,6)40/h16,21-27,29-30,37,39-40H,10-15,17-19H2,1-9H3/t21-,22-,23+,24+,25-,26+,27+,29-,30-,33+,34-,35+,36+/m0/s1. The van der Waals surface area contributed by atoms with Gasteiger partial charge in [0.05, 0.1) is 17.8 Å². The van der Waals surface area contributed by atoms with E-state index in [0.717, 1.165) is 56.9 Å². The smallest absolute Gasteiger partial charge is 0.330 e. The third-order valence-electron chi connectivity index (χ3n) is 14.7. The van der Waals surface area contributed by atoms with Gasteiger partial charge in [0.15, 0.2) is 6.29 Å². The van der Waals surface area contributed by atoms with Gasteiger partial charge in [0, 0.05) is 29.9 Å². The van der Waals surface area contributed by atoms with Gasteiger partial charge in [-0.25, -0.2) is 4.79 Å². The van der Waals surface area contributed by atoms with Crippen molar-refractivity contribution >= 4 is 5.97 Å². The Hall–Kier alpha value is -0.990. The molecule has 244 valence electrons. The van der Waals surface area contributed by atoms with Crippen molar-refractivity contribution < 1.29 is 34.3 Å². The van der Waals surface area contributed by atoms with Crippen LogP contribution in [0.5, 0.6) is 0 Å². The molecule has 7 heteroatoms. The molecule has 43 heavy (non-hydrogen) atoms. The maximum atomic E-state index is 12.7. The minimum absolute atomic E-state index is 0.0753. The number of ether oxygens (including phenoxy) is 3. The van der Waals surface area contributed by atoms with Crippen molar-refractivity contribution in [3.05, 3.63) is 11.6 Å². The highest BCUT2D eigenvalue weighted by molar-refractivity contribution is 5.82. The van der Waals surface area contributed by atoms with Crippen LogP contribution in [0.3, 0.4) is 0 Å². The number of rotatable bonds is 6. The molecule has 13 atom stereocenters. The number of hydrogen-bond acceptors (Lipinski definition) is 7. The van der Waals surface area contributed by atoms with Crippen molar-refractivity contribution in [2.45, 2.75) is 149 Å². The fraction of sp³-hybridized carbons (Fsp3) is 0.917. The lowest BCUT2D eigenvalue weighted by Crippen LogP contribution is -2.66. The van der Waals surface area contributed by atoms with E-state index >= 15 is 0 Å². The van der Waals surface area contributed by atoms with E-state index in [4.69, 9.17) is 14.2 Å². The monoisotopic (exact) mass is 602 g/mol. The maximum Gasteiger partial charge on any atom is 0.330 e. The molecule has 7 nitrogen and oxygen atoms in total. The first kappa shape index (κ1) is 32.0. The van der Waals surface area contributed by atoms with E-state index in [1.54, 1.807) is 27.0 Å². The fourth-order valence-electron chi connectivity index (χ4n) is 12.8. The first-order chi connectivity index (χ1) is 19.9. The average molecular weight is 603 g/mol. The van der Waals surface area contributed by atoms with E-state index in [1.807, 2.05) is 13.8 Å². The van der Waals surface area contributed by atoms with Gasteiger partial charge in [-0.3, -0.25) is 0 Å². The molecule has 0 amide bonds. The molecular weight excluding hydrogens is 544 g/mol. The lowest BCUT2D eigenvalue weighted by atomic mass is 9.37. The molecule has 6 rings (SSSR count). The molecule has 1 heterocycles. The SMILES string of the molecule is CO[C@H]1O[C@@H]([C@H](O)C(C)(C)O)C[C@H]1[C@@H]1CC[C@]23C[C@]12CC[C@@H]1[C@@]2(C)CC[C@@H](OC(=O)C=C(C)C)C(C)(C)[C@@H]2C[C@@H](O)[C@]13C. The largest absolute Gasteiger partial charge is 0.459 e. The first-order valence-electron chi connectivity index (χ1n) is 17.0. The highest BCUT2D eigenvalue weighted by Crippen LogP contribution is 2.91. The van der Waals surface area contributed by atoms with E-state index in [-0.39, 0.29) is 57.3 Å². The zero-order chi connectivity index (χ0) is 31.5. The van der Waals surface area contributed by atoms with Crippen LogP contribution in [0.25, 0.3) is 0 Å². The van der Waals surface area contributed by atoms with Crippen molar-refractivity contribution in [2.75, 3.05) is 7.11 Å². The third kappa shape index (κ3) is 4.26. The van der Waals surface area contributed by atoms with Crippen LogP contribution >= 0.6 is 0 Å². The highest BCUT2D eigenvalue weighted by atomic mass is 16.7. The van der Waals surface area contributed by atoms with E-state index in [2.05, 4.69) is 27.7 Å². The number of carbonyl (C=O) groups excluding carboxylic acids is 1. The van der Waals surface area contributed by atoms with Crippen molar-refractivity contribution in [2.24, 2.45) is 50.7 Å². The third-order valence-corrected chi connectivity index (χ3v) is 14.7. The number of hydrogen-bond donors (Lipinski definition) is 3. The minimum Gasteiger partial charge on any atom is -0.459 e. The van der Waals surface area contributed by atoms with Crippen LogP contribution < -0.4 is 0 Å². The van der Waals surface area contributed by atoms with Gasteiger partial charge in [-0.2, -0.15) is 0 Å². The second-order valence-electron chi connectivity index (χ2n) is 17.5. The molecule has 5 aliphatic carbocycles. The second kappa shape index (κ2) is 10.0. The van der Waals surface area contributed by atoms with Crippen molar-refractivity contribution in [3.63, 3.8) is 0 Å². The van der Waals surface area contributed by atoms with Gasteiger partial charge in [0.1, 0.15) is 12.2 Å². The van der Waals surface area contributed by atoms with Gasteiger partial charge in [-0.15, -0.1) is 0 Å². The quantitative estimate of drug-likeness (QED) is 0.261. The molecule has 1 saturated heterocycles. The maximum absolute atomic E-state index is 12.7. The molecule has 0 unspecified atom stereocenters. The summed E-state index contributed by atoms with van der Waals surface area (Å²) in [4.78, 5) is 12.7. The van der Waals surface area contributed by atoms with Gasteiger partial charge in [-0.05, 0) is 119 Å². The average Bonchev–Trinajstić information content (AvgIpc) is 3.23. The summed E-state index contributed by atoms with van der Waals surface area (Å²) in [5.74, 6) is 1.04. The van der Waals surface area contributed by atoms with Crippen LogP contribution in [0.1, 0.15) is 113 Å². The molecule has 6 fully saturated rings. The summed E-state index contributed by atoms with van der Waals surface area (Å²) in [6.45, 7) is 16.6. The van der Waals surface area contributed by atoms with Gasteiger partial charge < -0.3 is 29.5 Å². The zero-order valence-corrected chi connectivity index (χ0v) is 28.1. The van der Waals surface area contributed by atoms with Crippen molar-refractivity contribution in [1.82, 2.24) is 0 Å². The molecule has 0 aromatic rings. The number of methoxy groups -OCH3 is 1. The molecule has 0 aromatic carbocycles. The van der Waals surface area contributed by atoms with Crippen molar-refractivity contribution in [3.8, 4) is 0 Å². The van der Waals surface area contributed by atoms with Gasteiger partial charge >= 0.3 is 5.97 Å². The Labute approximate surface area is 259 Å². The number of carbonyl (C=O) groups is 1. The summed E-state index contributed by atoms with van der Waals surface area (Å²) in [5.41, 5.74) is -0.320. The van der Waals surface area contributed by atoms with Crippen LogP contribution in [-0.2, 0) is 19.0 Å². The predicted molar refractivity (Wildman–Crippen MR) is 164 cm³/mol. The summed E-state index contributed by atoms with van der Waals surface area (Å²) in [6, 6.07) is 0. The van der Waals surface area contributed by atoms with Gasteiger partial charge in [0.2, 0.25) is 0 Å². The number of aliphatic hydroxyl groups excluding tert-OH is 2. The summed E-state index contributed by atoms with van der Waals surface area (Å²) in [6.07, 6.45) is 8.24. The molecule has 1 aliphatic heterocycles. The van der Waals surface area contributed by atoms with E-state index in [1.165, 1.54) is 0 Å². The Bertz CT molecular complexity index is 1150. The number of esters is 1. The Morgan fingerprint density at radius 3 is 2.35 bits per heavy atom. The Balaban J connectivity index is 1.26. The number of aliphatic hydroxyl groups is 3.